The van der Waals surface area contributed by atoms with Crippen LogP contribution in [-0.2, 0) is 24.3 Å². The van der Waals surface area contributed by atoms with Crippen LogP contribution in [-0.4, -0.2) is 49.1 Å². The fraction of sp³-hybridized carbons (Fsp3) is 0.344. The van der Waals surface area contributed by atoms with Crippen LogP contribution >= 0.6 is 11.8 Å². The maximum Gasteiger partial charge on any atom is 0.262 e. The Balaban J connectivity index is 1.68. The molecule has 4 rings (SSSR count). The number of nitrogens with one attached hydrogen (secondary N) is 1. The minimum absolute atomic E-state index is 0.115. The molecule has 0 spiro atoms. The number of benzene rings is 3. The van der Waals surface area contributed by atoms with Crippen molar-refractivity contribution in [3.8, 4) is 23.0 Å². The van der Waals surface area contributed by atoms with E-state index >= 15 is 0 Å². The van der Waals surface area contributed by atoms with Crippen molar-refractivity contribution in [3.05, 3.63) is 81.6 Å². The molecular formula is C32H37N3O6S. The van der Waals surface area contributed by atoms with Crippen LogP contribution in [0.25, 0.3) is 10.9 Å². The first-order valence-electron chi connectivity index (χ1n) is 13.7. The van der Waals surface area contributed by atoms with E-state index < -0.39 is 5.25 Å². The van der Waals surface area contributed by atoms with Crippen LogP contribution in [0.3, 0.4) is 0 Å². The number of hydrogen-bond acceptors (Lipinski definition) is 8. The molecule has 0 aliphatic heterocycles. The van der Waals surface area contributed by atoms with Gasteiger partial charge < -0.3 is 24.3 Å². The molecule has 222 valence electrons. The van der Waals surface area contributed by atoms with Crippen molar-refractivity contribution < 1.29 is 23.7 Å². The van der Waals surface area contributed by atoms with E-state index in [0.29, 0.717) is 65.0 Å². The summed E-state index contributed by atoms with van der Waals surface area (Å²) < 4.78 is 23.3. The number of rotatable bonds is 13. The van der Waals surface area contributed by atoms with Gasteiger partial charge in [0, 0.05) is 19.2 Å². The second kappa shape index (κ2) is 14.1. The molecule has 42 heavy (non-hydrogen) atoms. The third-order valence-electron chi connectivity index (χ3n) is 6.99. The first-order chi connectivity index (χ1) is 20.3. The smallest absolute Gasteiger partial charge is 0.262 e. The Labute approximate surface area is 250 Å². The number of aromatic nitrogens is 2. The molecule has 0 saturated carbocycles. The van der Waals surface area contributed by atoms with E-state index in [-0.39, 0.29) is 11.5 Å². The Hall–Kier alpha value is -4.18. The summed E-state index contributed by atoms with van der Waals surface area (Å²) in [6.07, 6.45) is 1.09. The zero-order chi connectivity index (χ0) is 30.2. The van der Waals surface area contributed by atoms with Crippen molar-refractivity contribution in [2.24, 2.45) is 0 Å². The first-order valence-corrected chi connectivity index (χ1v) is 14.6. The van der Waals surface area contributed by atoms with Gasteiger partial charge in [0.05, 0.1) is 44.6 Å². The molecule has 1 N–H and O–H groups in total. The lowest BCUT2D eigenvalue weighted by molar-refractivity contribution is -0.120. The molecule has 1 aromatic heterocycles. The summed E-state index contributed by atoms with van der Waals surface area (Å²) in [5.41, 5.74) is 3.39. The lowest BCUT2D eigenvalue weighted by atomic mass is 10.1. The van der Waals surface area contributed by atoms with Gasteiger partial charge in [-0.25, -0.2) is 4.98 Å². The topological polar surface area (TPSA) is 101 Å². The Morgan fingerprint density at radius 1 is 0.881 bits per heavy atom. The minimum Gasteiger partial charge on any atom is -0.493 e. The van der Waals surface area contributed by atoms with E-state index in [4.69, 9.17) is 23.9 Å². The van der Waals surface area contributed by atoms with E-state index in [9.17, 15) is 9.59 Å². The Kier molecular flexibility index (Phi) is 10.4. The fourth-order valence-corrected chi connectivity index (χ4v) is 5.61. The number of methoxy groups -OCH3 is 4. The molecule has 0 aliphatic rings. The summed E-state index contributed by atoms with van der Waals surface area (Å²) in [4.78, 5) is 32.0. The molecule has 1 heterocycles. The van der Waals surface area contributed by atoms with Crippen molar-refractivity contribution in [2.75, 3.05) is 28.4 Å². The van der Waals surface area contributed by atoms with Crippen molar-refractivity contribution in [1.82, 2.24) is 14.9 Å². The largest absolute Gasteiger partial charge is 0.493 e. The highest BCUT2D eigenvalue weighted by Crippen LogP contribution is 2.33. The molecule has 0 radical (unpaired) electrons. The number of carbonyl (C=O) groups excluding carboxylic acids is 1. The molecule has 3 aromatic carbocycles. The highest BCUT2D eigenvalue weighted by atomic mass is 32.2. The zero-order valence-electron chi connectivity index (χ0n) is 24.9. The standard InChI is InChI=1S/C32H37N3O6S/c1-7-29(30(36)33-19-22-10-8-20(2)9-11-22)42-32-34-24-18-28(41-6)27(40-5)17-23(24)31(37)35(32)15-14-21-12-13-25(38-3)26(16-21)39-4/h8-13,16-18,29H,7,14-15,19H2,1-6H3,(H,33,36)/t29-/m1/s1. The van der Waals surface area contributed by atoms with Crippen molar-refractivity contribution >= 4 is 28.6 Å². The summed E-state index contributed by atoms with van der Waals surface area (Å²) in [5.74, 6) is 2.04. The number of fused-ring (bicyclic) bond motifs is 1. The summed E-state index contributed by atoms with van der Waals surface area (Å²) in [6.45, 7) is 4.74. The molecule has 0 aliphatic carbocycles. The molecule has 10 heteroatoms. The number of ether oxygens (including phenoxy) is 4. The van der Waals surface area contributed by atoms with Crippen LogP contribution in [0.1, 0.15) is 30.0 Å². The van der Waals surface area contributed by atoms with Crippen LogP contribution in [0, 0.1) is 6.92 Å². The van der Waals surface area contributed by atoms with Crippen LogP contribution in [0.4, 0.5) is 0 Å². The van der Waals surface area contributed by atoms with E-state index in [1.165, 1.54) is 26.0 Å². The number of thioether (sulfide) groups is 1. The Morgan fingerprint density at radius 2 is 1.50 bits per heavy atom. The summed E-state index contributed by atoms with van der Waals surface area (Å²) in [5, 5.41) is 3.45. The second-order valence-electron chi connectivity index (χ2n) is 9.73. The Morgan fingerprint density at radius 3 is 2.14 bits per heavy atom. The monoisotopic (exact) mass is 591 g/mol. The molecule has 4 aromatic rings. The van der Waals surface area contributed by atoms with Gasteiger partial charge in [-0.15, -0.1) is 0 Å². The molecule has 0 unspecified atom stereocenters. The predicted octanol–water partition coefficient (Wildman–Crippen LogP) is 5.17. The summed E-state index contributed by atoms with van der Waals surface area (Å²) in [7, 11) is 6.24. The number of aryl methyl sites for hydroxylation is 2. The Bertz CT molecular complexity index is 1600. The van der Waals surface area contributed by atoms with Gasteiger partial charge in [0.15, 0.2) is 28.2 Å². The lowest BCUT2D eigenvalue weighted by Gasteiger charge is -2.19. The SMILES string of the molecule is CC[C@@H](Sc1nc2cc(OC)c(OC)cc2c(=O)n1CCc1ccc(OC)c(OC)c1)C(=O)NCc1ccc(C)cc1. The normalized spacial score (nSPS) is 11.7. The predicted molar refractivity (Wildman–Crippen MR) is 165 cm³/mol. The maximum atomic E-state index is 13.9. The van der Waals surface area contributed by atoms with Gasteiger partial charge >= 0.3 is 0 Å². The number of nitrogens with zero attached hydrogens (tertiary/aromatic N) is 2. The van der Waals surface area contributed by atoms with Gasteiger partial charge in [0.25, 0.3) is 5.56 Å². The third kappa shape index (κ3) is 6.99. The molecule has 0 fully saturated rings. The maximum absolute atomic E-state index is 13.9. The van der Waals surface area contributed by atoms with Gasteiger partial charge in [0.2, 0.25) is 5.91 Å². The average molecular weight is 592 g/mol. The van der Waals surface area contributed by atoms with Gasteiger partial charge in [-0.05, 0) is 49.1 Å². The van der Waals surface area contributed by atoms with Crippen LogP contribution in [0.2, 0.25) is 0 Å². The number of carbonyl (C=O) groups is 1. The van der Waals surface area contributed by atoms with Gasteiger partial charge in [0.1, 0.15) is 0 Å². The molecule has 1 amide bonds. The van der Waals surface area contributed by atoms with Crippen LogP contribution in [0.15, 0.2) is 64.5 Å². The quantitative estimate of drug-likeness (QED) is 0.168. The van der Waals surface area contributed by atoms with Crippen molar-refractivity contribution in [3.63, 3.8) is 0 Å². The third-order valence-corrected chi connectivity index (χ3v) is 8.35. The summed E-state index contributed by atoms with van der Waals surface area (Å²) >= 11 is 1.29. The van der Waals surface area contributed by atoms with Crippen molar-refractivity contribution in [1.29, 1.82) is 0 Å². The van der Waals surface area contributed by atoms with Crippen LogP contribution < -0.4 is 29.8 Å². The second-order valence-corrected chi connectivity index (χ2v) is 10.9. The highest BCUT2D eigenvalue weighted by Gasteiger charge is 2.23. The first kappa shape index (κ1) is 30.8. The lowest BCUT2D eigenvalue weighted by Crippen LogP contribution is -2.33. The molecule has 9 nitrogen and oxygen atoms in total. The molecular weight excluding hydrogens is 554 g/mol. The fourth-order valence-electron chi connectivity index (χ4n) is 4.55. The average Bonchev–Trinajstić information content (AvgIpc) is 3.02. The van der Waals surface area contributed by atoms with E-state index in [2.05, 4.69) is 5.32 Å². The number of amides is 1. The molecule has 0 bridgehead atoms. The van der Waals surface area contributed by atoms with E-state index in [1.54, 1.807) is 30.9 Å². The van der Waals surface area contributed by atoms with Gasteiger partial charge in [-0.1, -0.05) is 54.6 Å². The van der Waals surface area contributed by atoms with Gasteiger partial charge in [-0.2, -0.15) is 0 Å². The zero-order valence-corrected chi connectivity index (χ0v) is 25.7. The van der Waals surface area contributed by atoms with Gasteiger partial charge in [-0.3, -0.25) is 14.2 Å². The number of hydrogen-bond donors (Lipinski definition) is 1. The van der Waals surface area contributed by atoms with Crippen LogP contribution in [0.5, 0.6) is 23.0 Å². The highest BCUT2D eigenvalue weighted by molar-refractivity contribution is 8.00. The summed E-state index contributed by atoms with van der Waals surface area (Å²) in [6, 6.07) is 17.1. The van der Waals surface area contributed by atoms with Crippen molar-refractivity contribution in [2.45, 2.75) is 50.2 Å². The van der Waals surface area contributed by atoms with E-state index in [0.717, 1.165) is 16.7 Å². The molecule has 0 saturated heterocycles. The molecule has 1 atom stereocenters. The minimum atomic E-state index is -0.452. The van der Waals surface area contributed by atoms with E-state index in [1.807, 2.05) is 56.3 Å².